The minimum absolute atomic E-state index is 0.0233. The van der Waals surface area contributed by atoms with Crippen LogP contribution < -0.4 is 16.0 Å². The molecule has 1 amide bonds. The van der Waals surface area contributed by atoms with Gasteiger partial charge in [0.05, 0.1) is 12.2 Å². The van der Waals surface area contributed by atoms with Gasteiger partial charge < -0.3 is 16.0 Å². The lowest BCUT2D eigenvalue weighted by Gasteiger charge is -2.24. The van der Waals surface area contributed by atoms with Crippen LogP contribution in [-0.4, -0.2) is 35.2 Å². The van der Waals surface area contributed by atoms with Crippen LogP contribution >= 0.6 is 0 Å². The second kappa shape index (κ2) is 7.19. The van der Waals surface area contributed by atoms with Gasteiger partial charge in [0.1, 0.15) is 0 Å². The maximum atomic E-state index is 11.9. The van der Waals surface area contributed by atoms with Crippen molar-refractivity contribution in [2.24, 2.45) is 5.73 Å². The topological polar surface area (TPSA) is 84.1 Å². The Labute approximate surface area is 120 Å². The van der Waals surface area contributed by atoms with Gasteiger partial charge in [0.2, 0.25) is 5.91 Å². The molecule has 0 saturated heterocycles. The van der Waals surface area contributed by atoms with Crippen LogP contribution in [0.25, 0.3) is 0 Å². The Bertz CT molecular complexity index is 473. The number of amides is 1. The van der Waals surface area contributed by atoms with Crippen LogP contribution in [0.4, 0.5) is 5.82 Å². The Hall–Kier alpha value is -1.69. The van der Waals surface area contributed by atoms with Gasteiger partial charge >= 0.3 is 0 Å². The number of carbonyl (C=O) groups is 1. The number of likely N-dealkylation sites (N-methyl/N-ethyl adjacent to an activating group) is 1. The summed E-state index contributed by atoms with van der Waals surface area (Å²) in [5.41, 5.74) is 8.70. The van der Waals surface area contributed by atoms with Gasteiger partial charge in [0.15, 0.2) is 5.82 Å². The van der Waals surface area contributed by atoms with Crippen molar-refractivity contribution in [1.29, 1.82) is 0 Å². The zero-order valence-corrected chi connectivity index (χ0v) is 13.0. The number of aromatic nitrogens is 2. The van der Waals surface area contributed by atoms with Crippen molar-refractivity contribution in [1.82, 2.24) is 15.5 Å². The molecule has 0 aromatic carbocycles. The predicted molar refractivity (Wildman–Crippen MR) is 80.6 cm³/mol. The Morgan fingerprint density at radius 1 is 1.35 bits per heavy atom. The smallest absolute Gasteiger partial charge is 0.239 e. The summed E-state index contributed by atoms with van der Waals surface area (Å²) in [7, 11) is 0. The molecule has 3 N–H and O–H groups in total. The number of nitrogens with two attached hydrogens (primary N) is 1. The van der Waals surface area contributed by atoms with E-state index < -0.39 is 0 Å². The molecule has 20 heavy (non-hydrogen) atoms. The van der Waals surface area contributed by atoms with E-state index >= 15 is 0 Å². The highest BCUT2D eigenvalue weighted by atomic mass is 16.2. The molecule has 6 heteroatoms. The summed E-state index contributed by atoms with van der Waals surface area (Å²) >= 11 is 0. The normalized spacial score (nSPS) is 10.8. The van der Waals surface area contributed by atoms with Gasteiger partial charge in [-0.2, -0.15) is 5.10 Å². The van der Waals surface area contributed by atoms with E-state index in [1.165, 1.54) is 0 Å². The lowest BCUT2D eigenvalue weighted by molar-refractivity contribution is -0.120. The molecule has 6 nitrogen and oxygen atoms in total. The molecule has 0 unspecified atom stereocenters. The number of nitrogens with one attached hydrogen (secondary N) is 1. The Balaban J connectivity index is 3.01. The number of rotatable bonds is 6. The summed E-state index contributed by atoms with van der Waals surface area (Å²) in [5, 5.41) is 11.3. The zero-order valence-electron chi connectivity index (χ0n) is 13.0. The van der Waals surface area contributed by atoms with Crippen LogP contribution in [0.3, 0.4) is 0 Å². The van der Waals surface area contributed by atoms with Crippen molar-refractivity contribution in [3.63, 3.8) is 0 Å². The minimum Gasteiger partial charge on any atom is -0.352 e. The fraction of sp³-hybridized carbons (Fsp3) is 0.643. The second-order valence-corrected chi connectivity index (χ2v) is 5.15. The first-order chi connectivity index (χ1) is 9.40. The molecule has 0 aliphatic rings. The average Bonchev–Trinajstić information content (AvgIpc) is 2.38. The van der Waals surface area contributed by atoms with Crippen molar-refractivity contribution in [3.8, 4) is 0 Å². The molecule has 0 atom stereocenters. The van der Waals surface area contributed by atoms with Crippen molar-refractivity contribution in [3.05, 3.63) is 16.8 Å². The highest BCUT2D eigenvalue weighted by Crippen LogP contribution is 2.21. The molecule has 1 aromatic rings. The van der Waals surface area contributed by atoms with Gasteiger partial charge in [-0.3, -0.25) is 4.79 Å². The van der Waals surface area contributed by atoms with Crippen LogP contribution in [0.1, 0.15) is 37.6 Å². The van der Waals surface area contributed by atoms with E-state index in [4.69, 9.17) is 5.73 Å². The first-order valence-corrected chi connectivity index (χ1v) is 6.97. The lowest BCUT2D eigenvalue weighted by Crippen LogP contribution is -2.41. The lowest BCUT2D eigenvalue weighted by atomic mass is 10.1. The van der Waals surface area contributed by atoms with E-state index in [2.05, 4.69) is 15.5 Å². The van der Waals surface area contributed by atoms with E-state index in [0.29, 0.717) is 18.9 Å². The monoisotopic (exact) mass is 279 g/mol. The summed E-state index contributed by atoms with van der Waals surface area (Å²) in [4.78, 5) is 13.8. The Morgan fingerprint density at radius 2 is 2.00 bits per heavy atom. The van der Waals surface area contributed by atoms with E-state index in [9.17, 15) is 4.79 Å². The summed E-state index contributed by atoms with van der Waals surface area (Å²) in [5.74, 6) is 0.682. The largest absolute Gasteiger partial charge is 0.352 e. The van der Waals surface area contributed by atoms with E-state index in [0.717, 1.165) is 16.8 Å². The van der Waals surface area contributed by atoms with Crippen LogP contribution in [0.5, 0.6) is 0 Å². The van der Waals surface area contributed by atoms with Gasteiger partial charge in [0.25, 0.3) is 0 Å². The first-order valence-electron chi connectivity index (χ1n) is 6.97. The molecule has 0 spiro atoms. The number of nitrogens with zero attached hydrogens (tertiary/aromatic N) is 3. The van der Waals surface area contributed by atoms with Gasteiger partial charge in [-0.1, -0.05) is 0 Å². The number of carbonyl (C=O) groups excluding carboxylic acids is 1. The fourth-order valence-electron chi connectivity index (χ4n) is 2.02. The first kappa shape index (κ1) is 16.4. The highest BCUT2D eigenvalue weighted by Gasteiger charge is 2.18. The standard InChI is InChI=1S/C14H25N5O/c1-6-19(8-13(20)16-9(2)3)14-12(7-15)10(4)11(5)17-18-14/h9H,6-8,15H2,1-5H3,(H,16,20). The summed E-state index contributed by atoms with van der Waals surface area (Å²) in [6.45, 7) is 11.1. The predicted octanol–water partition coefficient (Wildman–Crippen LogP) is 0.903. The molecule has 112 valence electrons. The van der Waals surface area contributed by atoms with E-state index in [1.807, 2.05) is 39.5 Å². The second-order valence-electron chi connectivity index (χ2n) is 5.15. The fourth-order valence-corrected chi connectivity index (χ4v) is 2.02. The maximum absolute atomic E-state index is 11.9. The number of aryl methyl sites for hydroxylation is 1. The molecule has 0 saturated carbocycles. The molecule has 1 aromatic heterocycles. The third-order valence-electron chi connectivity index (χ3n) is 3.23. The van der Waals surface area contributed by atoms with Crippen LogP contribution in [0.15, 0.2) is 0 Å². The molecule has 1 heterocycles. The average molecular weight is 279 g/mol. The summed E-state index contributed by atoms with van der Waals surface area (Å²) in [6.07, 6.45) is 0. The SMILES string of the molecule is CCN(CC(=O)NC(C)C)c1nnc(C)c(C)c1CN. The third kappa shape index (κ3) is 3.90. The quantitative estimate of drug-likeness (QED) is 0.808. The van der Waals surface area contributed by atoms with E-state index in [-0.39, 0.29) is 18.5 Å². The number of hydrogen-bond acceptors (Lipinski definition) is 5. The number of anilines is 1. The Kier molecular flexibility index (Phi) is 5.88. The Morgan fingerprint density at radius 3 is 2.50 bits per heavy atom. The highest BCUT2D eigenvalue weighted by molar-refractivity contribution is 5.81. The maximum Gasteiger partial charge on any atom is 0.239 e. The van der Waals surface area contributed by atoms with Gasteiger partial charge in [-0.25, -0.2) is 0 Å². The van der Waals surface area contributed by atoms with Crippen LogP contribution in [-0.2, 0) is 11.3 Å². The molecule has 0 bridgehead atoms. The van der Waals surface area contributed by atoms with Crippen molar-refractivity contribution < 1.29 is 4.79 Å². The summed E-state index contributed by atoms with van der Waals surface area (Å²) < 4.78 is 0. The summed E-state index contributed by atoms with van der Waals surface area (Å²) in [6, 6.07) is 0.126. The van der Waals surface area contributed by atoms with Crippen molar-refractivity contribution in [2.75, 3.05) is 18.0 Å². The minimum atomic E-state index is -0.0233. The molecular formula is C14H25N5O. The van der Waals surface area contributed by atoms with Crippen molar-refractivity contribution >= 4 is 11.7 Å². The number of hydrogen-bond donors (Lipinski definition) is 2. The van der Waals surface area contributed by atoms with E-state index in [1.54, 1.807) is 0 Å². The zero-order chi connectivity index (χ0) is 15.3. The molecular weight excluding hydrogens is 254 g/mol. The van der Waals surface area contributed by atoms with Crippen LogP contribution in [0.2, 0.25) is 0 Å². The van der Waals surface area contributed by atoms with Gasteiger partial charge in [-0.05, 0) is 40.2 Å². The van der Waals surface area contributed by atoms with Gasteiger partial charge in [0, 0.05) is 24.7 Å². The molecule has 1 rings (SSSR count). The third-order valence-corrected chi connectivity index (χ3v) is 3.23. The molecule has 0 aliphatic carbocycles. The molecule has 0 fully saturated rings. The van der Waals surface area contributed by atoms with Crippen LogP contribution in [0, 0.1) is 13.8 Å². The van der Waals surface area contributed by atoms with Gasteiger partial charge in [-0.15, -0.1) is 5.10 Å². The molecule has 0 radical (unpaired) electrons. The molecule has 0 aliphatic heterocycles. The van der Waals surface area contributed by atoms with Crippen molar-refractivity contribution in [2.45, 2.75) is 47.2 Å².